The van der Waals surface area contributed by atoms with Crippen LogP contribution in [0, 0.1) is 0 Å². The molecule has 0 saturated heterocycles. The number of carbonyl (C=O) groups is 3. The quantitative estimate of drug-likeness (QED) is 0.654. The lowest BCUT2D eigenvalue weighted by Gasteiger charge is -2.18. The van der Waals surface area contributed by atoms with E-state index in [4.69, 9.17) is 11.6 Å². The van der Waals surface area contributed by atoms with Crippen molar-refractivity contribution in [2.45, 2.75) is 0 Å². The molecule has 0 fully saturated rings. The first-order valence-corrected chi connectivity index (χ1v) is 7.96. The Morgan fingerprint density at radius 3 is 2.91 bits per heavy atom. The second kappa shape index (κ2) is 7.29. The highest BCUT2D eigenvalue weighted by Crippen LogP contribution is 2.23. The van der Waals surface area contributed by atoms with Crippen LogP contribution in [0.4, 0.5) is 5.69 Å². The molecular weight excluding hydrogens is 324 g/mol. The molecule has 22 heavy (non-hydrogen) atoms. The molecule has 0 bridgehead atoms. The summed E-state index contributed by atoms with van der Waals surface area (Å²) in [4.78, 5) is 35.6. The third kappa shape index (κ3) is 3.78. The van der Waals surface area contributed by atoms with Crippen molar-refractivity contribution in [3.05, 3.63) is 51.9 Å². The van der Waals surface area contributed by atoms with Crippen LogP contribution in [0.1, 0.15) is 20.7 Å². The smallest absolute Gasteiger partial charge is 0.252 e. The molecule has 1 aromatic carbocycles. The lowest BCUT2D eigenvalue weighted by Crippen LogP contribution is -2.37. The third-order valence-electron chi connectivity index (χ3n) is 2.93. The lowest BCUT2D eigenvalue weighted by molar-refractivity contribution is -0.111. The molecule has 1 aliphatic heterocycles. The maximum Gasteiger partial charge on any atom is 0.252 e. The van der Waals surface area contributed by atoms with Gasteiger partial charge >= 0.3 is 0 Å². The van der Waals surface area contributed by atoms with Gasteiger partial charge in [-0.1, -0.05) is 23.7 Å². The molecular formula is C15H13ClN2O3S. The fourth-order valence-corrected chi connectivity index (χ4v) is 2.23. The second-order valence-electron chi connectivity index (χ2n) is 4.36. The molecule has 1 heterocycles. The van der Waals surface area contributed by atoms with E-state index in [0.717, 1.165) is 0 Å². The number of carbonyl (C=O) groups excluding carboxylic acids is 3. The van der Waals surface area contributed by atoms with Crippen LogP contribution in [0.5, 0.6) is 0 Å². The standard InChI is InChI=1S/C15H13ClN2O3S/c1-22-12(16)6-3-7-13(20)18-10-5-2-4-9-14(10)11(19)8-17-15(9)21/h2-7H,8H2,1H3,(H,17,21)(H,18,20)/b7-3+,12-6-. The number of ketones is 1. The zero-order valence-corrected chi connectivity index (χ0v) is 13.3. The van der Waals surface area contributed by atoms with Gasteiger partial charge in [0.25, 0.3) is 5.91 Å². The molecule has 1 aromatic rings. The number of hydrogen-bond acceptors (Lipinski definition) is 4. The minimum Gasteiger partial charge on any atom is -0.345 e. The van der Waals surface area contributed by atoms with Gasteiger partial charge in [-0.15, -0.1) is 11.8 Å². The lowest BCUT2D eigenvalue weighted by atomic mass is 9.97. The highest BCUT2D eigenvalue weighted by molar-refractivity contribution is 8.03. The molecule has 7 heteroatoms. The van der Waals surface area contributed by atoms with Gasteiger partial charge in [0.1, 0.15) is 0 Å². The third-order valence-corrected chi connectivity index (χ3v) is 4.04. The van der Waals surface area contributed by atoms with Crippen molar-refractivity contribution in [3.8, 4) is 0 Å². The van der Waals surface area contributed by atoms with Crippen molar-refractivity contribution in [3.63, 3.8) is 0 Å². The van der Waals surface area contributed by atoms with Gasteiger partial charge < -0.3 is 10.6 Å². The first-order chi connectivity index (χ1) is 10.5. The summed E-state index contributed by atoms with van der Waals surface area (Å²) in [5.74, 6) is -0.968. The molecule has 2 amide bonds. The molecule has 0 saturated carbocycles. The zero-order valence-electron chi connectivity index (χ0n) is 11.7. The Morgan fingerprint density at radius 2 is 2.18 bits per heavy atom. The summed E-state index contributed by atoms with van der Waals surface area (Å²) in [5, 5.41) is 5.09. The number of nitrogens with one attached hydrogen (secondary N) is 2. The van der Waals surface area contributed by atoms with Gasteiger partial charge in [0.2, 0.25) is 5.91 Å². The molecule has 0 aromatic heterocycles. The van der Waals surface area contributed by atoms with E-state index in [1.807, 2.05) is 6.26 Å². The summed E-state index contributed by atoms with van der Waals surface area (Å²) < 4.78 is 0.549. The average Bonchev–Trinajstić information content (AvgIpc) is 2.51. The van der Waals surface area contributed by atoms with E-state index >= 15 is 0 Å². The first kappa shape index (κ1) is 16.3. The number of Topliss-reactive ketones (excluding diaryl/α,β-unsaturated/α-hetero) is 1. The number of fused-ring (bicyclic) bond motifs is 1. The summed E-state index contributed by atoms with van der Waals surface area (Å²) in [6, 6.07) is 4.75. The Bertz CT molecular complexity index is 698. The van der Waals surface area contributed by atoms with Crippen molar-refractivity contribution < 1.29 is 14.4 Å². The monoisotopic (exact) mass is 336 g/mol. The van der Waals surface area contributed by atoms with Crippen LogP contribution in [0.25, 0.3) is 0 Å². The second-order valence-corrected chi connectivity index (χ2v) is 5.84. The predicted octanol–water partition coefficient (Wildman–Crippen LogP) is 2.55. The van der Waals surface area contributed by atoms with Crippen LogP contribution < -0.4 is 10.6 Å². The van der Waals surface area contributed by atoms with E-state index in [-0.39, 0.29) is 29.4 Å². The van der Waals surface area contributed by atoms with E-state index in [2.05, 4.69) is 10.6 Å². The van der Waals surface area contributed by atoms with Crippen LogP contribution in [-0.4, -0.2) is 30.4 Å². The molecule has 0 unspecified atom stereocenters. The minimum absolute atomic E-state index is 0.0688. The van der Waals surface area contributed by atoms with Gasteiger partial charge in [0.15, 0.2) is 5.78 Å². The van der Waals surface area contributed by atoms with Crippen LogP contribution in [0.15, 0.2) is 40.8 Å². The number of benzene rings is 1. The SMILES string of the molecule is CS/C(Cl)=C\C=C\C(=O)Nc1cccc2c1C(=O)CNC2=O. The molecule has 2 N–H and O–H groups in total. The summed E-state index contributed by atoms with van der Waals surface area (Å²) in [6.45, 7) is -0.0688. The normalized spacial score (nSPS) is 14.7. The fourth-order valence-electron chi connectivity index (χ4n) is 1.94. The summed E-state index contributed by atoms with van der Waals surface area (Å²) in [7, 11) is 0. The number of halogens is 1. The summed E-state index contributed by atoms with van der Waals surface area (Å²) in [6.07, 6.45) is 6.22. The van der Waals surface area contributed by atoms with Crippen LogP contribution in [-0.2, 0) is 4.79 Å². The maximum atomic E-state index is 12.0. The summed E-state index contributed by atoms with van der Waals surface area (Å²) >= 11 is 7.14. The van der Waals surface area contributed by atoms with Gasteiger partial charge in [0, 0.05) is 6.08 Å². The first-order valence-electron chi connectivity index (χ1n) is 6.36. The summed E-state index contributed by atoms with van der Waals surface area (Å²) in [5.41, 5.74) is 0.834. The molecule has 1 aliphatic rings. The maximum absolute atomic E-state index is 12.0. The Morgan fingerprint density at radius 1 is 1.41 bits per heavy atom. The van der Waals surface area contributed by atoms with Crippen molar-refractivity contribution in [1.82, 2.24) is 5.32 Å². The number of amides is 2. The van der Waals surface area contributed by atoms with Crippen molar-refractivity contribution in [2.75, 3.05) is 18.1 Å². The Hall–Kier alpha value is -2.05. The van der Waals surface area contributed by atoms with Gasteiger partial charge in [-0.25, -0.2) is 0 Å². The fraction of sp³-hybridized carbons (Fsp3) is 0.133. The zero-order chi connectivity index (χ0) is 16.1. The van der Waals surface area contributed by atoms with Gasteiger partial charge in [0.05, 0.1) is 27.7 Å². The van der Waals surface area contributed by atoms with E-state index < -0.39 is 5.91 Å². The average molecular weight is 337 g/mol. The van der Waals surface area contributed by atoms with Gasteiger partial charge in [-0.05, 0) is 24.5 Å². The Kier molecular flexibility index (Phi) is 5.41. The molecule has 0 aliphatic carbocycles. The number of thioether (sulfide) groups is 1. The van der Waals surface area contributed by atoms with E-state index in [0.29, 0.717) is 10.1 Å². The molecule has 2 rings (SSSR count). The minimum atomic E-state index is -0.408. The Labute approximate surface area is 136 Å². The van der Waals surface area contributed by atoms with E-state index in [1.165, 1.54) is 23.9 Å². The van der Waals surface area contributed by atoms with E-state index in [1.54, 1.807) is 24.3 Å². The van der Waals surface area contributed by atoms with Crippen molar-refractivity contribution in [1.29, 1.82) is 0 Å². The Balaban J connectivity index is 2.21. The number of hydrogen-bond donors (Lipinski definition) is 2. The van der Waals surface area contributed by atoms with Crippen LogP contribution in [0.2, 0.25) is 0 Å². The van der Waals surface area contributed by atoms with Crippen LogP contribution in [0.3, 0.4) is 0 Å². The molecule has 5 nitrogen and oxygen atoms in total. The van der Waals surface area contributed by atoms with Crippen molar-refractivity contribution >= 4 is 46.6 Å². The largest absolute Gasteiger partial charge is 0.345 e. The van der Waals surface area contributed by atoms with Gasteiger partial charge in [-0.3, -0.25) is 14.4 Å². The molecule has 0 radical (unpaired) electrons. The van der Waals surface area contributed by atoms with Crippen LogP contribution >= 0.6 is 23.4 Å². The van der Waals surface area contributed by atoms with E-state index in [9.17, 15) is 14.4 Å². The molecule has 114 valence electrons. The number of anilines is 1. The highest BCUT2D eigenvalue weighted by Gasteiger charge is 2.26. The molecule has 0 spiro atoms. The highest BCUT2D eigenvalue weighted by atomic mass is 35.5. The predicted molar refractivity (Wildman–Crippen MR) is 88.3 cm³/mol. The molecule has 0 atom stereocenters. The topological polar surface area (TPSA) is 75.3 Å². The number of allylic oxidation sites excluding steroid dienone is 2. The van der Waals surface area contributed by atoms with Crippen molar-refractivity contribution in [2.24, 2.45) is 0 Å². The number of rotatable bonds is 4. The van der Waals surface area contributed by atoms with Gasteiger partial charge in [-0.2, -0.15) is 0 Å².